The maximum atomic E-state index is 12.7. The lowest BCUT2D eigenvalue weighted by molar-refractivity contribution is -0.137. The molecule has 7 heteroatoms. The monoisotopic (exact) mass is 368 g/mol. The molecule has 0 saturated carbocycles. The first-order chi connectivity index (χ1) is 12.9. The van der Waals surface area contributed by atoms with Crippen molar-refractivity contribution in [1.82, 2.24) is 14.5 Å². The van der Waals surface area contributed by atoms with E-state index in [-0.39, 0.29) is 23.3 Å². The number of aliphatic hydroxyl groups excluding tert-OH is 1. The summed E-state index contributed by atoms with van der Waals surface area (Å²) in [6, 6.07) is 6.58. The number of pyridine rings is 2. The van der Waals surface area contributed by atoms with Gasteiger partial charge in [-0.2, -0.15) is 0 Å². The zero-order valence-corrected chi connectivity index (χ0v) is 15.3. The molecule has 2 aliphatic rings. The van der Waals surface area contributed by atoms with E-state index in [4.69, 9.17) is 5.73 Å². The molecule has 2 bridgehead atoms. The largest absolute Gasteiger partial charge is 0.391 e. The van der Waals surface area contributed by atoms with E-state index in [0.717, 1.165) is 23.2 Å². The molecular formula is C20H24N4O3. The van der Waals surface area contributed by atoms with E-state index in [0.29, 0.717) is 19.6 Å². The number of likely N-dealkylation sites (tertiary alicyclic amines) is 1. The van der Waals surface area contributed by atoms with Gasteiger partial charge < -0.3 is 20.3 Å². The second-order valence-electron chi connectivity index (χ2n) is 7.67. The van der Waals surface area contributed by atoms with Crippen LogP contribution in [-0.4, -0.2) is 50.7 Å². The molecule has 4 atom stereocenters. The van der Waals surface area contributed by atoms with E-state index < -0.39 is 12.1 Å². The lowest BCUT2D eigenvalue weighted by atomic mass is 9.82. The summed E-state index contributed by atoms with van der Waals surface area (Å²) in [5.41, 5.74) is 8.55. The number of hydrogen-bond acceptors (Lipinski definition) is 5. The van der Waals surface area contributed by atoms with Gasteiger partial charge in [-0.1, -0.05) is 6.07 Å². The van der Waals surface area contributed by atoms with Crippen molar-refractivity contribution in [2.75, 3.05) is 13.1 Å². The zero-order valence-electron chi connectivity index (χ0n) is 15.3. The van der Waals surface area contributed by atoms with Crippen molar-refractivity contribution in [3.8, 4) is 11.1 Å². The molecule has 0 unspecified atom stereocenters. The van der Waals surface area contributed by atoms with Crippen molar-refractivity contribution in [2.45, 2.75) is 38.0 Å². The van der Waals surface area contributed by atoms with Gasteiger partial charge in [0.05, 0.1) is 6.10 Å². The van der Waals surface area contributed by atoms with Crippen LogP contribution in [0.1, 0.15) is 25.0 Å². The van der Waals surface area contributed by atoms with Crippen LogP contribution in [0.15, 0.2) is 41.5 Å². The van der Waals surface area contributed by atoms with Gasteiger partial charge >= 0.3 is 0 Å². The van der Waals surface area contributed by atoms with Gasteiger partial charge in [0, 0.05) is 55.3 Å². The predicted octanol–water partition coefficient (Wildman–Crippen LogP) is 0.564. The van der Waals surface area contributed by atoms with Gasteiger partial charge in [0.15, 0.2) is 0 Å². The number of piperidine rings is 1. The van der Waals surface area contributed by atoms with E-state index in [2.05, 4.69) is 4.98 Å². The molecule has 0 radical (unpaired) electrons. The molecule has 1 amide bonds. The van der Waals surface area contributed by atoms with E-state index in [1.165, 1.54) is 6.92 Å². The van der Waals surface area contributed by atoms with Gasteiger partial charge in [-0.3, -0.25) is 14.6 Å². The summed E-state index contributed by atoms with van der Waals surface area (Å²) >= 11 is 0. The number of rotatable bonds is 3. The zero-order chi connectivity index (χ0) is 19.1. The van der Waals surface area contributed by atoms with Gasteiger partial charge in [-0.05, 0) is 37.0 Å². The maximum absolute atomic E-state index is 12.7. The number of hydrogen-bond donors (Lipinski definition) is 2. The number of aliphatic hydroxyl groups is 1. The molecule has 4 heterocycles. The second kappa shape index (κ2) is 6.90. The summed E-state index contributed by atoms with van der Waals surface area (Å²) in [5.74, 6) is 0.0919. The van der Waals surface area contributed by atoms with Crippen LogP contribution < -0.4 is 11.3 Å². The van der Waals surface area contributed by atoms with E-state index >= 15 is 0 Å². The summed E-state index contributed by atoms with van der Waals surface area (Å²) in [7, 11) is 0. The van der Waals surface area contributed by atoms with E-state index in [9.17, 15) is 14.7 Å². The number of carbonyl (C=O) groups is 1. The van der Waals surface area contributed by atoms with Crippen molar-refractivity contribution in [1.29, 1.82) is 0 Å². The Labute approximate surface area is 157 Å². The molecule has 2 aromatic heterocycles. The van der Waals surface area contributed by atoms with Crippen LogP contribution in [0.3, 0.4) is 0 Å². The van der Waals surface area contributed by atoms with E-state index in [1.807, 2.05) is 22.8 Å². The van der Waals surface area contributed by atoms with Crippen molar-refractivity contribution < 1.29 is 9.90 Å². The highest BCUT2D eigenvalue weighted by atomic mass is 16.3. The highest BCUT2D eigenvalue weighted by Crippen LogP contribution is 2.36. The predicted molar refractivity (Wildman–Crippen MR) is 101 cm³/mol. The smallest absolute Gasteiger partial charge is 0.251 e. The molecular weight excluding hydrogens is 344 g/mol. The Morgan fingerprint density at radius 2 is 2.11 bits per heavy atom. The Balaban J connectivity index is 1.67. The molecule has 2 aromatic rings. The highest BCUT2D eigenvalue weighted by molar-refractivity contribution is 5.82. The minimum Gasteiger partial charge on any atom is -0.391 e. The Morgan fingerprint density at radius 1 is 1.30 bits per heavy atom. The second-order valence-corrected chi connectivity index (χ2v) is 7.67. The molecule has 1 fully saturated rings. The number of aromatic nitrogens is 2. The van der Waals surface area contributed by atoms with Gasteiger partial charge in [0.25, 0.3) is 5.56 Å². The first kappa shape index (κ1) is 17.9. The van der Waals surface area contributed by atoms with Crippen LogP contribution >= 0.6 is 0 Å². The molecule has 3 N–H and O–H groups in total. The first-order valence-corrected chi connectivity index (χ1v) is 9.31. The third-order valence-electron chi connectivity index (χ3n) is 5.67. The quantitative estimate of drug-likeness (QED) is 0.825. The summed E-state index contributed by atoms with van der Waals surface area (Å²) in [5, 5.41) is 9.66. The third kappa shape index (κ3) is 3.28. The number of carbonyl (C=O) groups excluding carboxylic acids is 1. The van der Waals surface area contributed by atoms with Crippen molar-refractivity contribution in [2.24, 2.45) is 11.7 Å². The third-order valence-corrected chi connectivity index (χ3v) is 5.67. The van der Waals surface area contributed by atoms with Crippen LogP contribution in [-0.2, 0) is 11.3 Å². The summed E-state index contributed by atoms with van der Waals surface area (Å²) < 4.78 is 1.84. The lowest BCUT2D eigenvalue weighted by Gasteiger charge is -2.43. The minimum absolute atomic E-state index is 0.0125. The fourth-order valence-electron chi connectivity index (χ4n) is 4.26. The van der Waals surface area contributed by atoms with Gasteiger partial charge in [-0.15, -0.1) is 0 Å². The van der Waals surface area contributed by atoms with Crippen molar-refractivity contribution in [3.05, 3.63) is 52.7 Å². The molecule has 4 rings (SSSR count). The average molecular weight is 368 g/mol. The fourth-order valence-corrected chi connectivity index (χ4v) is 4.26. The van der Waals surface area contributed by atoms with Crippen LogP contribution in [0.5, 0.6) is 0 Å². The molecule has 7 nitrogen and oxygen atoms in total. The summed E-state index contributed by atoms with van der Waals surface area (Å²) in [4.78, 5) is 31.2. The SMILES string of the molecule is C[C@@H](O)[C@H](N)C(=O)N1C[C@@H]2C[C@H](C1)c1cc(-c3cccnc3)cc(=O)n1C2. The number of fused-ring (bicyclic) bond motifs is 4. The molecule has 2 aliphatic heterocycles. The molecule has 0 aliphatic carbocycles. The van der Waals surface area contributed by atoms with Crippen LogP contribution in [0.25, 0.3) is 11.1 Å². The molecule has 27 heavy (non-hydrogen) atoms. The van der Waals surface area contributed by atoms with Gasteiger partial charge in [0.1, 0.15) is 6.04 Å². The summed E-state index contributed by atoms with van der Waals surface area (Å²) in [6.45, 7) is 3.23. The number of nitrogens with two attached hydrogens (primary N) is 1. The Bertz CT molecular complexity index is 909. The number of amides is 1. The normalized spacial score (nSPS) is 23.4. The summed E-state index contributed by atoms with van der Waals surface area (Å²) in [6.07, 6.45) is 3.51. The Hall–Kier alpha value is -2.51. The van der Waals surface area contributed by atoms with Crippen LogP contribution in [0.4, 0.5) is 0 Å². The van der Waals surface area contributed by atoms with Crippen molar-refractivity contribution >= 4 is 5.91 Å². The first-order valence-electron chi connectivity index (χ1n) is 9.31. The molecule has 1 saturated heterocycles. The van der Waals surface area contributed by atoms with E-state index in [1.54, 1.807) is 23.4 Å². The fraction of sp³-hybridized carbons (Fsp3) is 0.450. The topological polar surface area (TPSA) is 101 Å². The average Bonchev–Trinajstić information content (AvgIpc) is 2.68. The van der Waals surface area contributed by atoms with Crippen LogP contribution in [0, 0.1) is 5.92 Å². The van der Waals surface area contributed by atoms with Crippen LogP contribution in [0.2, 0.25) is 0 Å². The standard InChI is InChI=1S/C20H24N4O3/c1-12(25)19(21)20(27)23-9-13-5-16(11-23)17-6-15(7-18(26)24(17)10-13)14-3-2-4-22-8-14/h2-4,6-8,12-13,16,19,25H,5,9-11,21H2,1H3/t12-,13+,16-,19+/m1/s1. The molecule has 0 aromatic carbocycles. The van der Waals surface area contributed by atoms with Gasteiger partial charge in [-0.25, -0.2) is 0 Å². The van der Waals surface area contributed by atoms with Crippen molar-refractivity contribution in [3.63, 3.8) is 0 Å². The molecule has 0 spiro atoms. The molecule has 142 valence electrons. The highest BCUT2D eigenvalue weighted by Gasteiger charge is 2.38. The minimum atomic E-state index is -0.909. The van der Waals surface area contributed by atoms with Gasteiger partial charge in [0.2, 0.25) is 5.91 Å². The maximum Gasteiger partial charge on any atom is 0.251 e. The Kier molecular flexibility index (Phi) is 4.57. The Morgan fingerprint density at radius 3 is 2.81 bits per heavy atom. The lowest BCUT2D eigenvalue weighted by Crippen LogP contribution is -2.55. The number of nitrogens with zero attached hydrogens (tertiary/aromatic N) is 3.